The van der Waals surface area contributed by atoms with Crippen molar-refractivity contribution in [1.82, 2.24) is 0 Å². The van der Waals surface area contributed by atoms with Crippen molar-refractivity contribution in [2.75, 3.05) is 11.5 Å². The summed E-state index contributed by atoms with van der Waals surface area (Å²) in [6, 6.07) is 0.213. The van der Waals surface area contributed by atoms with E-state index >= 15 is 0 Å². The normalized spacial score (nSPS) is 32.6. The van der Waals surface area contributed by atoms with E-state index in [0.717, 1.165) is 24.7 Å². The topological polar surface area (TPSA) is 60.2 Å². The van der Waals surface area contributed by atoms with Gasteiger partial charge >= 0.3 is 0 Å². The minimum atomic E-state index is -2.82. The molecule has 0 radical (unpaired) electrons. The van der Waals surface area contributed by atoms with Crippen LogP contribution >= 0.6 is 0 Å². The van der Waals surface area contributed by atoms with Gasteiger partial charge < -0.3 is 5.73 Å². The van der Waals surface area contributed by atoms with Crippen molar-refractivity contribution >= 4 is 9.84 Å². The van der Waals surface area contributed by atoms with Crippen LogP contribution in [0.25, 0.3) is 0 Å². The molecule has 0 saturated heterocycles. The summed E-state index contributed by atoms with van der Waals surface area (Å²) in [6.45, 7) is 1.72. The first-order valence-electron chi connectivity index (χ1n) is 8.48. The van der Waals surface area contributed by atoms with E-state index < -0.39 is 9.84 Å². The molecule has 20 heavy (non-hydrogen) atoms. The Morgan fingerprint density at radius 1 is 1.10 bits per heavy atom. The van der Waals surface area contributed by atoms with Crippen molar-refractivity contribution in [3.05, 3.63) is 0 Å². The highest BCUT2D eigenvalue weighted by Gasteiger charge is 2.34. The van der Waals surface area contributed by atoms with Gasteiger partial charge in [0.15, 0.2) is 0 Å². The molecule has 2 aliphatic rings. The summed E-state index contributed by atoms with van der Waals surface area (Å²) in [4.78, 5) is 0. The van der Waals surface area contributed by atoms with E-state index in [1.54, 1.807) is 6.92 Å². The maximum Gasteiger partial charge on any atom is 0.150 e. The Kier molecular flexibility index (Phi) is 5.91. The van der Waals surface area contributed by atoms with Crippen LogP contribution < -0.4 is 5.73 Å². The summed E-state index contributed by atoms with van der Waals surface area (Å²) in [5.41, 5.74) is 6.35. The quantitative estimate of drug-likeness (QED) is 0.820. The molecule has 0 spiro atoms. The molecule has 2 rings (SSSR count). The average Bonchev–Trinajstić information content (AvgIpc) is 2.46. The van der Waals surface area contributed by atoms with Crippen LogP contribution in [0.15, 0.2) is 0 Å². The van der Waals surface area contributed by atoms with Crippen LogP contribution in [0.3, 0.4) is 0 Å². The Labute approximate surface area is 124 Å². The fraction of sp³-hybridized carbons (Fsp3) is 1.00. The summed E-state index contributed by atoms with van der Waals surface area (Å²) in [7, 11) is -2.82. The lowest BCUT2D eigenvalue weighted by Gasteiger charge is -2.41. The van der Waals surface area contributed by atoms with Gasteiger partial charge in [-0.2, -0.15) is 0 Å². The molecule has 0 aromatic carbocycles. The minimum Gasteiger partial charge on any atom is -0.327 e. The van der Waals surface area contributed by atoms with Gasteiger partial charge in [0.05, 0.1) is 5.75 Å². The number of rotatable bonds is 6. The fourth-order valence-corrected chi connectivity index (χ4v) is 5.11. The molecule has 118 valence electrons. The Morgan fingerprint density at radius 3 is 2.50 bits per heavy atom. The lowest BCUT2D eigenvalue weighted by Crippen LogP contribution is -2.37. The van der Waals surface area contributed by atoms with Gasteiger partial charge in [0, 0.05) is 11.8 Å². The first-order chi connectivity index (χ1) is 9.52. The number of nitrogens with two attached hydrogens (primary N) is 1. The zero-order valence-corrected chi connectivity index (χ0v) is 13.7. The van der Waals surface area contributed by atoms with Crippen LogP contribution in [0.1, 0.15) is 64.7 Å². The molecule has 0 aromatic rings. The van der Waals surface area contributed by atoms with Crippen molar-refractivity contribution in [3.63, 3.8) is 0 Å². The van der Waals surface area contributed by atoms with Crippen molar-refractivity contribution in [3.8, 4) is 0 Å². The maximum atomic E-state index is 11.5. The van der Waals surface area contributed by atoms with E-state index in [1.807, 2.05) is 0 Å². The van der Waals surface area contributed by atoms with Crippen LogP contribution in [0.4, 0.5) is 0 Å². The van der Waals surface area contributed by atoms with E-state index in [-0.39, 0.29) is 11.8 Å². The van der Waals surface area contributed by atoms with E-state index in [9.17, 15) is 8.42 Å². The Morgan fingerprint density at radius 2 is 1.80 bits per heavy atom. The highest BCUT2D eigenvalue weighted by atomic mass is 32.2. The van der Waals surface area contributed by atoms with E-state index in [2.05, 4.69) is 0 Å². The molecule has 0 amide bonds. The second-order valence-electron chi connectivity index (χ2n) is 6.92. The molecule has 4 heteroatoms. The lowest BCUT2D eigenvalue weighted by molar-refractivity contribution is 0.115. The summed E-state index contributed by atoms with van der Waals surface area (Å²) in [5, 5.41) is 0. The maximum absolute atomic E-state index is 11.5. The molecule has 0 aliphatic heterocycles. The molecule has 2 aliphatic carbocycles. The smallest absolute Gasteiger partial charge is 0.150 e. The third-order valence-corrected chi connectivity index (χ3v) is 7.41. The van der Waals surface area contributed by atoms with Gasteiger partial charge in [-0.3, -0.25) is 0 Å². The van der Waals surface area contributed by atoms with Gasteiger partial charge in [-0.1, -0.05) is 32.6 Å². The Bertz CT molecular complexity index is 393. The van der Waals surface area contributed by atoms with Crippen molar-refractivity contribution in [2.24, 2.45) is 23.5 Å². The van der Waals surface area contributed by atoms with Crippen LogP contribution in [-0.4, -0.2) is 26.0 Å². The van der Waals surface area contributed by atoms with Crippen molar-refractivity contribution in [1.29, 1.82) is 0 Å². The highest BCUT2D eigenvalue weighted by Crippen LogP contribution is 2.43. The Hall–Kier alpha value is -0.0900. The third-order valence-electron chi connectivity index (χ3n) is 5.62. The van der Waals surface area contributed by atoms with Crippen LogP contribution in [0, 0.1) is 17.8 Å². The first-order valence-corrected chi connectivity index (χ1v) is 10.3. The van der Waals surface area contributed by atoms with Crippen LogP contribution in [0.5, 0.6) is 0 Å². The van der Waals surface area contributed by atoms with E-state index in [4.69, 9.17) is 5.73 Å². The number of sulfone groups is 1. The molecule has 0 bridgehead atoms. The molecule has 2 saturated carbocycles. The van der Waals surface area contributed by atoms with Crippen LogP contribution in [-0.2, 0) is 9.84 Å². The summed E-state index contributed by atoms with van der Waals surface area (Å²) in [5.74, 6) is 3.09. The van der Waals surface area contributed by atoms with Gasteiger partial charge in [0.2, 0.25) is 0 Å². The molecule has 3 nitrogen and oxygen atoms in total. The molecule has 4 atom stereocenters. The number of hydrogen-bond acceptors (Lipinski definition) is 3. The molecule has 2 N–H and O–H groups in total. The molecule has 4 unspecified atom stereocenters. The largest absolute Gasteiger partial charge is 0.327 e. The zero-order chi connectivity index (χ0) is 14.6. The molecule has 2 fully saturated rings. The van der Waals surface area contributed by atoms with Gasteiger partial charge in [0.25, 0.3) is 0 Å². The summed E-state index contributed by atoms with van der Waals surface area (Å²) >= 11 is 0. The molecule has 0 aromatic heterocycles. The van der Waals surface area contributed by atoms with Gasteiger partial charge in [0.1, 0.15) is 9.84 Å². The van der Waals surface area contributed by atoms with Crippen molar-refractivity contribution in [2.45, 2.75) is 70.8 Å². The predicted molar refractivity (Wildman–Crippen MR) is 84.3 cm³/mol. The fourth-order valence-electron chi connectivity index (χ4n) is 4.22. The standard InChI is InChI=1S/C16H31NO2S/c1-2-20(18,19)11-5-8-16(17)15-10-9-13-6-3-4-7-14(13)12-15/h13-16H,2-12,17H2,1H3. The van der Waals surface area contributed by atoms with E-state index in [1.165, 1.54) is 44.9 Å². The SMILES string of the molecule is CCS(=O)(=O)CCCC(N)C1CCC2CCCCC2C1. The molecular formula is C16H31NO2S. The summed E-state index contributed by atoms with van der Waals surface area (Å²) < 4.78 is 23.0. The number of hydrogen-bond donors (Lipinski definition) is 1. The lowest BCUT2D eigenvalue weighted by atomic mass is 9.66. The Balaban J connectivity index is 1.74. The van der Waals surface area contributed by atoms with Crippen molar-refractivity contribution < 1.29 is 8.42 Å². The van der Waals surface area contributed by atoms with Gasteiger partial charge in [-0.05, 0) is 49.9 Å². The first kappa shape index (κ1) is 16.3. The van der Waals surface area contributed by atoms with Gasteiger partial charge in [-0.25, -0.2) is 8.42 Å². The second kappa shape index (κ2) is 7.26. The average molecular weight is 301 g/mol. The molecular weight excluding hydrogens is 270 g/mol. The second-order valence-corrected chi connectivity index (χ2v) is 9.39. The monoisotopic (exact) mass is 301 g/mol. The minimum absolute atomic E-state index is 0.213. The molecule has 0 heterocycles. The number of fused-ring (bicyclic) bond motifs is 1. The zero-order valence-electron chi connectivity index (χ0n) is 12.9. The van der Waals surface area contributed by atoms with Crippen LogP contribution in [0.2, 0.25) is 0 Å². The van der Waals surface area contributed by atoms with E-state index in [0.29, 0.717) is 11.7 Å². The third kappa shape index (κ3) is 4.45. The predicted octanol–water partition coefficient (Wildman–Crippen LogP) is 3.14. The highest BCUT2D eigenvalue weighted by molar-refractivity contribution is 7.91. The summed E-state index contributed by atoms with van der Waals surface area (Å²) in [6.07, 6.45) is 11.2. The van der Waals surface area contributed by atoms with Gasteiger partial charge in [-0.15, -0.1) is 0 Å².